The molecule has 28 heavy (non-hydrogen) atoms. The first-order chi connectivity index (χ1) is 13.1. The first kappa shape index (κ1) is 21.8. The highest BCUT2D eigenvalue weighted by atomic mass is 35.5. The summed E-state index contributed by atoms with van der Waals surface area (Å²) in [4.78, 5) is 12.2. The second kappa shape index (κ2) is 9.13. The van der Waals surface area contributed by atoms with Gasteiger partial charge in [0.05, 0.1) is 30.3 Å². The molecule has 1 amide bonds. The average Bonchev–Trinajstić information content (AvgIpc) is 2.62. The van der Waals surface area contributed by atoms with Crippen molar-refractivity contribution < 1.29 is 23.1 Å². The number of rotatable bonds is 7. The van der Waals surface area contributed by atoms with E-state index in [1.807, 2.05) is 0 Å². The van der Waals surface area contributed by atoms with E-state index in [-0.39, 0.29) is 27.2 Å². The molecule has 11 heteroatoms. The van der Waals surface area contributed by atoms with Crippen molar-refractivity contribution in [2.45, 2.75) is 0 Å². The number of hydrogen-bond donors (Lipinski definition) is 2. The number of amides is 1. The molecule has 0 aromatic heterocycles. The molecule has 0 fully saturated rings. The Labute approximate surface area is 172 Å². The van der Waals surface area contributed by atoms with Crippen LogP contribution in [0, 0.1) is 0 Å². The molecule has 0 aliphatic carbocycles. The number of hydrazone groups is 1. The van der Waals surface area contributed by atoms with Crippen LogP contribution < -0.4 is 14.5 Å². The van der Waals surface area contributed by atoms with Crippen LogP contribution in [0.5, 0.6) is 11.5 Å². The number of phenols is 1. The van der Waals surface area contributed by atoms with E-state index in [2.05, 4.69) is 10.5 Å². The van der Waals surface area contributed by atoms with Crippen LogP contribution in [0.25, 0.3) is 0 Å². The lowest BCUT2D eigenvalue weighted by Crippen LogP contribution is -2.39. The molecule has 0 bridgehead atoms. The zero-order chi connectivity index (χ0) is 20.9. The second-order valence-electron chi connectivity index (χ2n) is 5.59. The molecule has 8 nitrogen and oxygen atoms in total. The van der Waals surface area contributed by atoms with Crippen LogP contribution in [-0.2, 0) is 14.8 Å². The lowest BCUT2D eigenvalue weighted by atomic mass is 10.2. The van der Waals surface area contributed by atoms with E-state index in [4.69, 9.17) is 27.9 Å². The summed E-state index contributed by atoms with van der Waals surface area (Å²) in [6, 6.07) is 8.77. The van der Waals surface area contributed by atoms with Gasteiger partial charge in [0.2, 0.25) is 10.0 Å². The van der Waals surface area contributed by atoms with Gasteiger partial charge >= 0.3 is 0 Å². The number of aromatic hydroxyl groups is 1. The Balaban J connectivity index is 2.13. The van der Waals surface area contributed by atoms with Crippen molar-refractivity contribution in [3.63, 3.8) is 0 Å². The summed E-state index contributed by atoms with van der Waals surface area (Å²) in [5.41, 5.74) is 2.87. The summed E-state index contributed by atoms with van der Waals surface area (Å²) in [5, 5.41) is 13.7. The van der Waals surface area contributed by atoms with Gasteiger partial charge in [-0.15, -0.1) is 0 Å². The highest BCUT2D eigenvalue weighted by Crippen LogP contribution is 2.30. The van der Waals surface area contributed by atoms with Crippen molar-refractivity contribution >= 4 is 51.0 Å². The van der Waals surface area contributed by atoms with Crippen LogP contribution >= 0.6 is 23.2 Å². The van der Waals surface area contributed by atoms with Crippen molar-refractivity contribution in [2.75, 3.05) is 24.2 Å². The van der Waals surface area contributed by atoms with Crippen molar-refractivity contribution in [1.82, 2.24) is 5.43 Å². The molecular formula is C17H17Cl2N3O5S. The van der Waals surface area contributed by atoms with Gasteiger partial charge in [-0.25, -0.2) is 13.8 Å². The fourth-order valence-electron chi connectivity index (χ4n) is 2.18. The number of nitrogens with one attached hydrogen (secondary N) is 1. The highest BCUT2D eigenvalue weighted by molar-refractivity contribution is 7.92. The summed E-state index contributed by atoms with van der Waals surface area (Å²) in [7, 11) is -2.41. The Hall–Kier alpha value is -2.49. The van der Waals surface area contributed by atoms with Crippen molar-refractivity contribution in [1.29, 1.82) is 0 Å². The molecule has 2 N–H and O–H groups in total. The maximum absolute atomic E-state index is 12.2. The summed E-state index contributed by atoms with van der Waals surface area (Å²) < 4.78 is 30.0. The predicted octanol–water partition coefficient (Wildman–Crippen LogP) is 2.62. The molecule has 0 aliphatic heterocycles. The summed E-state index contributed by atoms with van der Waals surface area (Å²) in [5.74, 6) is -0.483. The van der Waals surface area contributed by atoms with Gasteiger partial charge in [0.1, 0.15) is 6.54 Å². The average molecular weight is 446 g/mol. The van der Waals surface area contributed by atoms with E-state index in [0.717, 1.165) is 10.6 Å². The molecule has 0 atom stereocenters. The first-order valence-corrected chi connectivity index (χ1v) is 10.3. The molecule has 0 spiro atoms. The Morgan fingerprint density at radius 2 is 2.00 bits per heavy atom. The van der Waals surface area contributed by atoms with Crippen molar-refractivity contribution in [3.8, 4) is 11.5 Å². The maximum atomic E-state index is 12.2. The largest absolute Gasteiger partial charge is 0.504 e. The van der Waals surface area contributed by atoms with E-state index in [9.17, 15) is 18.3 Å². The van der Waals surface area contributed by atoms with Crippen LogP contribution in [0.4, 0.5) is 5.69 Å². The zero-order valence-electron chi connectivity index (χ0n) is 14.9. The van der Waals surface area contributed by atoms with Gasteiger partial charge in [0, 0.05) is 5.02 Å². The number of methoxy groups -OCH3 is 1. The van der Waals surface area contributed by atoms with Crippen LogP contribution in [0.15, 0.2) is 41.5 Å². The minimum atomic E-state index is -3.81. The Bertz CT molecular complexity index is 1010. The molecular weight excluding hydrogens is 429 g/mol. The lowest BCUT2D eigenvalue weighted by molar-refractivity contribution is -0.119. The van der Waals surface area contributed by atoms with Crippen molar-refractivity contribution in [2.24, 2.45) is 5.10 Å². The van der Waals surface area contributed by atoms with Crippen LogP contribution in [0.2, 0.25) is 10.0 Å². The number of sulfonamides is 1. The Kier molecular flexibility index (Phi) is 7.11. The SMILES string of the molecule is COc1cc(/C=N\NC(=O)CN(c2cc(Cl)ccc2Cl)S(C)(=O)=O)ccc1O. The van der Waals surface area contributed by atoms with Gasteiger partial charge in [-0.1, -0.05) is 23.2 Å². The number of anilines is 1. The number of ether oxygens (including phenoxy) is 1. The zero-order valence-corrected chi connectivity index (χ0v) is 17.2. The third kappa shape index (κ3) is 5.75. The number of nitrogens with zero attached hydrogens (tertiary/aromatic N) is 2. The maximum Gasteiger partial charge on any atom is 0.260 e. The molecule has 2 aromatic carbocycles. The van der Waals surface area contributed by atoms with Gasteiger partial charge in [-0.2, -0.15) is 5.10 Å². The molecule has 0 saturated heterocycles. The second-order valence-corrected chi connectivity index (χ2v) is 8.34. The Morgan fingerprint density at radius 1 is 1.29 bits per heavy atom. The van der Waals surface area contributed by atoms with Crippen molar-refractivity contribution in [3.05, 3.63) is 52.0 Å². The van der Waals surface area contributed by atoms with Gasteiger partial charge < -0.3 is 9.84 Å². The predicted molar refractivity (Wildman–Crippen MR) is 109 cm³/mol. The quantitative estimate of drug-likeness (QED) is 0.502. The number of hydrogen-bond acceptors (Lipinski definition) is 6. The van der Waals surface area contributed by atoms with Crippen LogP contribution in [0.1, 0.15) is 5.56 Å². The molecule has 2 aromatic rings. The monoisotopic (exact) mass is 445 g/mol. The van der Waals surface area contributed by atoms with Crippen LogP contribution in [0.3, 0.4) is 0 Å². The Morgan fingerprint density at radius 3 is 2.64 bits per heavy atom. The van der Waals surface area contributed by atoms with Crippen LogP contribution in [-0.4, -0.2) is 45.6 Å². The van der Waals surface area contributed by atoms with E-state index in [1.54, 1.807) is 6.07 Å². The third-order valence-electron chi connectivity index (χ3n) is 3.47. The van der Waals surface area contributed by atoms with E-state index >= 15 is 0 Å². The highest BCUT2D eigenvalue weighted by Gasteiger charge is 2.23. The van der Waals surface area contributed by atoms with Gasteiger partial charge in [-0.05, 0) is 42.0 Å². The van der Waals surface area contributed by atoms with Gasteiger partial charge in [0.15, 0.2) is 11.5 Å². The molecule has 2 rings (SSSR count). The fourth-order valence-corrected chi connectivity index (χ4v) is 3.47. The minimum absolute atomic E-state index is 0.0362. The fraction of sp³-hybridized carbons (Fsp3) is 0.176. The molecule has 0 saturated carbocycles. The molecule has 0 unspecified atom stereocenters. The first-order valence-electron chi connectivity index (χ1n) is 7.73. The minimum Gasteiger partial charge on any atom is -0.504 e. The van der Waals surface area contributed by atoms with E-state index < -0.39 is 22.5 Å². The molecule has 0 aliphatic rings. The molecule has 0 heterocycles. The van der Waals surface area contributed by atoms with Gasteiger partial charge in [0.25, 0.3) is 5.91 Å². The number of carbonyl (C=O) groups excluding carboxylic acids is 1. The normalized spacial score (nSPS) is 11.4. The number of phenolic OH excluding ortho intramolecular Hbond substituents is 1. The van der Waals surface area contributed by atoms with Gasteiger partial charge in [-0.3, -0.25) is 9.10 Å². The topological polar surface area (TPSA) is 108 Å². The van der Waals surface area contributed by atoms with E-state index in [1.165, 1.54) is 43.7 Å². The smallest absolute Gasteiger partial charge is 0.260 e. The summed E-state index contributed by atoms with van der Waals surface area (Å²) >= 11 is 12.0. The number of benzene rings is 2. The molecule has 150 valence electrons. The third-order valence-corrected chi connectivity index (χ3v) is 5.15. The number of carbonyl (C=O) groups is 1. The summed E-state index contributed by atoms with van der Waals surface area (Å²) in [6.07, 6.45) is 2.26. The number of halogens is 2. The standard InChI is InChI=1S/C17H17Cl2N3O5S/c1-27-16-7-11(3-6-15(16)23)9-20-21-17(24)10-22(28(2,25)26)14-8-12(18)4-5-13(14)19/h3-9,23H,10H2,1-2H3,(H,21,24)/b20-9-. The van der Waals surface area contributed by atoms with E-state index in [0.29, 0.717) is 5.56 Å². The summed E-state index contributed by atoms with van der Waals surface area (Å²) in [6.45, 7) is -0.546. The lowest BCUT2D eigenvalue weighted by Gasteiger charge is -2.22. The molecule has 0 radical (unpaired) electrons.